The molecule has 26 heavy (non-hydrogen) atoms. The molecule has 0 bridgehead atoms. The second-order valence-corrected chi connectivity index (χ2v) is 9.98. The van der Waals surface area contributed by atoms with Crippen LogP contribution >= 0.6 is 0 Å². The molecule has 2 nitrogen and oxygen atoms in total. The number of aromatic nitrogens is 1. The molecule has 0 spiro atoms. The van der Waals surface area contributed by atoms with Crippen LogP contribution in [0.4, 0.5) is 0 Å². The molecule has 2 heteroatoms. The lowest BCUT2D eigenvalue weighted by atomic mass is 9.47. The summed E-state index contributed by atoms with van der Waals surface area (Å²) in [7, 11) is 0. The van der Waals surface area contributed by atoms with Crippen LogP contribution in [0.25, 0.3) is 5.57 Å². The Labute approximate surface area is 158 Å². The van der Waals surface area contributed by atoms with E-state index < -0.39 is 0 Å². The van der Waals surface area contributed by atoms with E-state index in [1.807, 2.05) is 6.20 Å². The number of ether oxygens (including phenoxy) is 1. The fourth-order valence-electron chi connectivity index (χ4n) is 7.44. The fraction of sp³-hybridized carbons (Fsp3) is 0.708. The average Bonchev–Trinajstić information content (AvgIpc) is 2.98. The normalized spacial score (nSPS) is 44.7. The summed E-state index contributed by atoms with van der Waals surface area (Å²) in [6.45, 7) is 8.27. The summed E-state index contributed by atoms with van der Waals surface area (Å²) in [5, 5.41) is 0. The smallest absolute Gasteiger partial charge is 0.0631 e. The van der Waals surface area contributed by atoms with Crippen molar-refractivity contribution in [2.45, 2.75) is 71.8 Å². The van der Waals surface area contributed by atoms with Crippen LogP contribution in [-0.2, 0) is 4.74 Å². The van der Waals surface area contributed by atoms with E-state index in [1.165, 1.54) is 56.1 Å². The largest absolute Gasteiger partial charge is 0.378 e. The minimum atomic E-state index is 0.343. The van der Waals surface area contributed by atoms with Gasteiger partial charge < -0.3 is 4.74 Å². The summed E-state index contributed by atoms with van der Waals surface area (Å²) in [5.41, 5.74) is 5.00. The molecule has 3 fully saturated rings. The highest BCUT2D eigenvalue weighted by atomic mass is 16.5. The second kappa shape index (κ2) is 5.92. The van der Waals surface area contributed by atoms with Crippen molar-refractivity contribution in [2.75, 3.05) is 6.61 Å². The molecule has 0 N–H and O–H groups in total. The zero-order chi connectivity index (χ0) is 17.9. The van der Waals surface area contributed by atoms with Crippen molar-refractivity contribution in [3.8, 4) is 0 Å². The lowest BCUT2D eigenvalue weighted by Gasteiger charge is -2.59. The Morgan fingerprint density at radius 2 is 1.96 bits per heavy atom. The highest BCUT2D eigenvalue weighted by molar-refractivity contribution is 5.72. The van der Waals surface area contributed by atoms with Crippen LogP contribution < -0.4 is 0 Å². The molecule has 2 saturated carbocycles. The van der Waals surface area contributed by atoms with E-state index in [-0.39, 0.29) is 0 Å². The first kappa shape index (κ1) is 17.0. The van der Waals surface area contributed by atoms with Crippen LogP contribution in [-0.4, -0.2) is 17.7 Å². The van der Waals surface area contributed by atoms with Crippen molar-refractivity contribution >= 4 is 5.57 Å². The maximum atomic E-state index is 6.25. The number of hydrogen-bond donors (Lipinski definition) is 0. The third-order valence-electron chi connectivity index (χ3n) is 8.73. The van der Waals surface area contributed by atoms with E-state index in [0.29, 0.717) is 16.9 Å². The van der Waals surface area contributed by atoms with Gasteiger partial charge in [0.1, 0.15) is 0 Å². The number of fused-ring (bicyclic) bond motifs is 5. The monoisotopic (exact) mass is 351 g/mol. The second-order valence-electron chi connectivity index (χ2n) is 9.98. The predicted molar refractivity (Wildman–Crippen MR) is 106 cm³/mol. The Kier molecular flexibility index (Phi) is 3.87. The Hall–Kier alpha value is -1.15. The minimum Gasteiger partial charge on any atom is -0.378 e. The van der Waals surface area contributed by atoms with Gasteiger partial charge in [0.15, 0.2) is 0 Å². The average molecular weight is 352 g/mol. The van der Waals surface area contributed by atoms with E-state index in [0.717, 1.165) is 24.4 Å². The SMILES string of the molecule is Cc1cncc(C2=CC[C@H]3[C@@H]4CC[C@@H]5OCCC[C@]5(C)[C@H]4CC[C@]23C)c1. The maximum absolute atomic E-state index is 6.25. The standard InChI is InChI=1S/C24H33NO/c1-16-13-17(15-25-14-16)19-6-7-20-18-5-8-22-24(3,10-4-12-26-22)21(18)9-11-23(19,20)2/h6,13-15,18,20-22H,4-5,7-12H2,1-3H3/t18-,20-,21-,22-,23+,24+/m0/s1. The number of pyridine rings is 1. The van der Waals surface area contributed by atoms with Gasteiger partial charge >= 0.3 is 0 Å². The molecule has 1 aromatic heterocycles. The first-order chi connectivity index (χ1) is 12.5. The van der Waals surface area contributed by atoms with Crippen molar-refractivity contribution in [2.24, 2.45) is 28.6 Å². The van der Waals surface area contributed by atoms with Gasteiger partial charge in [0, 0.05) is 19.0 Å². The zero-order valence-corrected chi connectivity index (χ0v) is 16.6. The molecule has 0 unspecified atom stereocenters. The molecule has 5 rings (SSSR count). The number of hydrogen-bond acceptors (Lipinski definition) is 2. The van der Waals surface area contributed by atoms with Crippen LogP contribution in [0.2, 0.25) is 0 Å². The van der Waals surface area contributed by atoms with Gasteiger partial charge in [-0.1, -0.05) is 19.9 Å². The molecular weight excluding hydrogens is 318 g/mol. The topological polar surface area (TPSA) is 22.1 Å². The Balaban J connectivity index is 1.46. The van der Waals surface area contributed by atoms with E-state index in [4.69, 9.17) is 4.74 Å². The van der Waals surface area contributed by atoms with Gasteiger partial charge in [-0.15, -0.1) is 0 Å². The quantitative estimate of drug-likeness (QED) is 0.637. The van der Waals surface area contributed by atoms with Crippen LogP contribution in [0.15, 0.2) is 24.5 Å². The summed E-state index contributed by atoms with van der Waals surface area (Å²) < 4.78 is 6.25. The van der Waals surface area contributed by atoms with Gasteiger partial charge in [0.25, 0.3) is 0 Å². The van der Waals surface area contributed by atoms with E-state index >= 15 is 0 Å². The molecule has 6 atom stereocenters. The highest BCUT2D eigenvalue weighted by Gasteiger charge is 2.58. The molecule has 1 aliphatic heterocycles. The predicted octanol–water partition coefficient (Wildman–Crippen LogP) is 5.80. The van der Waals surface area contributed by atoms with Gasteiger partial charge in [0.2, 0.25) is 0 Å². The van der Waals surface area contributed by atoms with E-state index in [9.17, 15) is 0 Å². The van der Waals surface area contributed by atoms with E-state index in [2.05, 4.69) is 44.1 Å². The molecule has 1 saturated heterocycles. The summed E-state index contributed by atoms with van der Waals surface area (Å²) >= 11 is 0. The zero-order valence-electron chi connectivity index (χ0n) is 16.6. The Bertz CT molecular complexity index is 739. The van der Waals surface area contributed by atoms with Crippen LogP contribution in [0.1, 0.15) is 69.9 Å². The van der Waals surface area contributed by atoms with Gasteiger partial charge in [-0.2, -0.15) is 0 Å². The van der Waals surface area contributed by atoms with Gasteiger partial charge in [-0.3, -0.25) is 4.98 Å². The summed E-state index contributed by atoms with van der Waals surface area (Å²) in [4.78, 5) is 4.49. The van der Waals surface area contributed by atoms with Crippen molar-refractivity contribution in [1.82, 2.24) is 4.98 Å². The Morgan fingerprint density at radius 3 is 2.81 bits per heavy atom. The summed E-state index contributed by atoms with van der Waals surface area (Å²) in [6, 6.07) is 2.34. The minimum absolute atomic E-state index is 0.343. The number of allylic oxidation sites excluding steroid dienone is 2. The fourth-order valence-corrected chi connectivity index (χ4v) is 7.44. The van der Waals surface area contributed by atoms with Crippen molar-refractivity contribution in [3.63, 3.8) is 0 Å². The molecular formula is C24H33NO. The van der Waals surface area contributed by atoms with Crippen LogP contribution in [0, 0.1) is 35.5 Å². The lowest BCUT2D eigenvalue weighted by Crippen LogP contribution is -2.55. The number of aryl methyl sites for hydroxylation is 1. The molecule has 0 aromatic carbocycles. The molecule has 0 amide bonds. The maximum Gasteiger partial charge on any atom is 0.0631 e. The van der Waals surface area contributed by atoms with Crippen LogP contribution in [0.5, 0.6) is 0 Å². The summed E-state index contributed by atoms with van der Waals surface area (Å²) in [6.07, 6.45) is 16.4. The summed E-state index contributed by atoms with van der Waals surface area (Å²) in [5.74, 6) is 2.56. The Morgan fingerprint density at radius 1 is 1.08 bits per heavy atom. The molecule has 2 heterocycles. The third kappa shape index (κ3) is 2.30. The van der Waals surface area contributed by atoms with Gasteiger partial charge in [-0.25, -0.2) is 0 Å². The molecule has 4 aliphatic rings. The van der Waals surface area contributed by atoms with E-state index in [1.54, 1.807) is 5.57 Å². The lowest BCUT2D eigenvalue weighted by molar-refractivity contribution is -0.168. The van der Waals surface area contributed by atoms with Crippen molar-refractivity contribution in [1.29, 1.82) is 0 Å². The molecule has 1 aromatic rings. The highest BCUT2D eigenvalue weighted by Crippen LogP contribution is 2.65. The van der Waals surface area contributed by atoms with Crippen LogP contribution in [0.3, 0.4) is 0 Å². The van der Waals surface area contributed by atoms with Gasteiger partial charge in [0.05, 0.1) is 6.10 Å². The van der Waals surface area contributed by atoms with Gasteiger partial charge in [-0.05, 0) is 103 Å². The molecule has 140 valence electrons. The van der Waals surface area contributed by atoms with Crippen molar-refractivity contribution < 1.29 is 4.74 Å². The first-order valence-corrected chi connectivity index (χ1v) is 10.8. The number of nitrogens with zero attached hydrogens (tertiary/aromatic N) is 1. The number of rotatable bonds is 1. The third-order valence-corrected chi connectivity index (χ3v) is 8.73. The molecule has 3 aliphatic carbocycles. The van der Waals surface area contributed by atoms with Crippen molar-refractivity contribution in [3.05, 3.63) is 35.7 Å². The molecule has 0 radical (unpaired) electrons. The first-order valence-electron chi connectivity index (χ1n) is 10.8.